The quantitative estimate of drug-likeness (QED) is 0.0623. The van der Waals surface area contributed by atoms with Gasteiger partial charge in [-0.05, 0) is 73.6 Å². The Hall–Kier alpha value is -2.80. The van der Waals surface area contributed by atoms with Gasteiger partial charge in [0, 0.05) is 59.0 Å². The fraction of sp³-hybridized carbons (Fsp3) is 0.886. The van der Waals surface area contributed by atoms with E-state index in [0.29, 0.717) is 131 Å². The highest BCUT2D eigenvalue weighted by Crippen LogP contribution is 2.07. The lowest BCUT2D eigenvalue weighted by molar-refractivity contribution is -0.123. The highest BCUT2D eigenvalue weighted by atomic mass is 16.6. The van der Waals surface area contributed by atoms with Gasteiger partial charge in [0.1, 0.15) is 11.2 Å². The first kappa shape index (κ1) is 49.2. The minimum absolute atomic E-state index is 0.158. The van der Waals surface area contributed by atoms with Gasteiger partial charge < -0.3 is 64.9 Å². The average Bonchev–Trinajstić information content (AvgIpc) is 3.05. The maximum Gasteiger partial charge on any atom is 0.407 e. The Labute approximate surface area is 310 Å². The Kier molecular flexibility index (Phi) is 30.0. The largest absolute Gasteiger partial charge is 0.444 e. The number of rotatable bonds is 32. The topological polar surface area (TPSA) is 216 Å². The van der Waals surface area contributed by atoms with Crippen molar-refractivity contribution >= 4 is 24.0 Å². The van der Waals surface area contributed by atoms with E-state index in [0.717, 1.165) is 0 Å². The molecule has 0 aliphatic carbocycles. The molecular formula is C35H69N5O12. The second-order valence-corrected chi connectivity index (χ2v) is 13.7. The zero-order valence-electron chi connectivity index (χ0n) is 32.6. The summed E-state index contributed by atoms with van der Waals surface area (Å²) in [4.78, 5) is 47.3. The SMILES string of the molecule is CC(C)(C)OC(=O)NCCCOCCOCCOCCCNC(=O)CC[C@H](N)C(=O)NCCCOCCOCCOCCCNC(=O)OC(C)(C)C. The second kappa shape index (κ2) is 31.7. The van der Waals surface area contributed by atoms with Crippen LogP contribution in [0.15, 0.2) is 0 Å². The smallest absolute Gasteiger partial charge is 0.407 e. The van der Waals surface area contributed by atoms with Crippen LogP contribution in [0.1, 0.15) is 80.1 Å². The summed E-state index contributed by atoms with van der Waals surface area (Å²) in [6, 6.07) is -0.765. The Morgan fingerprint density at radius 1 is 0.481 bits per heavy atom. The van der Waals surface area contributed by atoms with E-state index in [2.05, 4.69) is 21.3 Å². The molecule has 0 bridgehead atoms. The molecule has 17 nitrogen and oxygen atoms in total. The molecule has 0 aliphatic heterocycles. The fourth-order valence-corrected chi connectivity index (χ4v) is 3.87. The van der Waals surface area contributed by atoms with E-state index < -0.39 is 29.4 Å². The molecule has 0 aromatic heterocycles. The van der Waals surface area contributed by atoms with Crippen LogP contribution in [-0.2, 0) is 47.5 Å². The Balaban J connectivity index is 3.45. The summed E-state index contributed by atoms with van der Waals surface area (Å²) < 4.78 is 43.2. The maximum absolute atomic E-state index is 12.2. The molecular weight excluding hydrogens is 682 g/mol. The first-order valence-electron chi connectivity index (χ1n) is 18.4. The van der Waals surface area contributed by atoms with Gasteiger partial charge >= 0.3 is 12.2 Å². The fourth-order valence-electron chi connectivity index (χ4n) is 3.87. The van der Waals surface area contributed by atoms with Crippen LogP contribution in [0, 0.1) is 0 Å². The van der Waals surface area contributed by atoms with Crippen LogP contribution in [0.4, 0.5) is 9.59 Å². The van der Waals surface area contributed by atoms with Gasteiger partial charge in [-0.2, -0.15) is 0 Å². The monoisotopic (exact) mass is 751 g/mol. The number of carbonyl (C=O) groups is 4. The van der Waals surface area contributed by atoms with Gasteiger partial charge in [0.05, 0.1) is 58.9 Å². The van der Waals surface area contributed by atoms with E-state index in [1.807, 2.05) is 41.5 Å². The zero-order valence-corrected chi connectivity index (χ0v) is 32.6. The van der Waals surface area contributed by atoms with Gasteiger partial charge in [0.25, 0.3) is 0 Å². The standard InChI is InChI=1S/C35H69N5O12/c1-34(2,3)51-32(43)39-15-9-19-47-23-27-49-25-21-45-17-7-13-37-30(41)12-11-29(36)31(42)38-14-8-18-46-22-26-50-28-24-48-20-10-16-40-33(44)52-35(4,5)6/h29H,7-28,36H2,1-6H3,(H,37,41)(H,38,42)(H,39,43)(H,40,44)/t29-/m0/s1. The molecule has 0 aromatic carbocycles. The van der Waals surface area contributed by atoms with E-state index >= 15 is 0 Å². The van der Waals surface area contributed by atoms with E-state index in [1.165, 1.54) is 0 Å². The van der Waals surface area contributed by atoms with Crippen molar-refractivity contribution in [2.24, 2.45) is 5.73 Å². The number of ether oxygens (including phenoxy) is 8. The minimum Gasteiger partial charge on any atom is -0.444 e. The second-order valence-electron chi connectivity index (χ2n) is 13.7. The highest BCUT2D eigenvalue weighted by Gasteiger charge is 2.17. The lowest BCUT2D eigenvalue weighted by Gasteiger charge is -2.19. The van der Waals surface area contributed by atoms with Crippen molar-refractivity contribution < 1.29 is 57.1 Å². The number of amides is 4. The molecule has 0 rings (SSSR count). The summed E-state index contributed by atoms with van der Waals surface area (Å²) in [5, 5.41) is 10.9. The summed E-state index contributed by atoms with van der Waals surface area (Å²) in [7, 11) is 0. The Bertz CT molecular complexity index is 931. The van der Waals surface area contributed by atoms with Gasteiger partial charge in [-0.1, -0.05) is 0 Å². The molecule has 0 aromatic rings. The Morgan fingerprint density at radius 3 is 1.13 bits per heavy atom. The number of hydrogen-bond acceptors (Lipinski definition) is 13. The average molecular weight is 752 g/mol. The molecule has 6 N–H and O–H groups in total. The molecule has 52 heavy (non-hydrogen) atoms. The summed E-state index contributed by atoms with van der Waals surface area (Å²) in [6.45, 7) is 18.2. The molecule has 4 amide bonds. The molecule has 0 saturated heterocycles. The first-order chi connectivity index (χ1) is 24.7. The Morgan fingerprint density at radius 2 is 0.788 bits per heavy atom. The predicted molar refractivity (Wildman–Crippen MR) is 195 cm³/mol. The molecule has 1 atom stereocenters. The molecule has 306 valence electrons. The van der Waals surface area contributed by atoms with Gasteiger partial charge in [0.2, 0.25) is 11.8 Å². The van der Waals surface area contributed by atoms with Crippen LogP contribution >= 0.6 is 0 Å². The van der Waals surface area contributed by atoms with Gasteiger partial charge in [-0.3, -0.25) is 9.59 Å². The van der Waals surface area contributed by atoms with E-state index in [-0.39, 0.29) is 24.7 Å². The summed E-state index contributed by atoms with van der Waals surface area (Å²) in [5.74, 6) is -0.464. The molecule has 17 heteroatoms. The third-order valence-corrected chi connectivity index (χ3v) is 6.33. The van der Waals surface area contributed by atoms with Crippen LogP contribution in [0.25, 0.3) is 0 Å². The van der Waals surface area contributed by atoms with Crippen molar-refractivity contribution in [2.45, 2.75) is 97.3 Å². The third kappa shape index (κ3) is 37.0. The normalized spacial score (nSPS) is 12.2. The summed E-state index contributed by atoms with van der Waals surface area (Å²) >= 11 is 0. The van der Waals surface area contributed by atoms with Gasteiger partial charge in [0.15, 0.2) is 0 Å². The van der Waals surface area contributed by atoms with Crippen LogP contribution in [0.2, 0.25) is 0 Å². The van der Waals surface area contributed by atoms with Crippen molar-refractivity contribution in [3.63, 3.8) is 0 Å². The van der Waals surface area contributed by atoms with Crippen molar-refractivity contribution in [3.05, 3.63) is 0 Å². The van der Waals surface area contributed by atoms with Crippen molar-refractivity contribution in [1.82, 2.24) is 21.3 Å². The molecule has 0 saturated carbocycles. The first-order valence-corrected chi connectivity index (χ1v) is 18.4. The lowest BCUT2D eigenvalue weighted by atomic mass is 10.1. The summed E-state index contributed by atoms with van der Waals surface area (Å²) in [5.41, 5.74) is 4.90. The molecule has 0 aliphatic rings. The molecule has 0 unspecified atom stereocenters. The van der Waals surface area contributed by atoms with Crippen LogP contribution in [0.5, 0.6) is 0 Å². The molecule has 0 spiro atoms. The van der Waals surface area contributed by atoms with E-state index in [9.17, 15) is 19.2 Å². The van der Waals surface area contributed by atoms with Crippen molar-refractivity contribution in [1.29, 1.82) is 0 Å². The number of carbonyl (C=O) groups excluding carboxylic acids is 4. The number of nitrogens with one attached hydrogen (secondary N) is 4. The summed E-state index contributed by atoms with van der Waals surface area (Å²) in [6.07, 6.45) is 2.17. The van der Waals surface area contributed by atoms with Gasteiger partial charge in [-0.25, -0.2) is 9.59 Å². The zero-order chi connectivity index (χ0) is 38.9. The molecule has 0 radical (unpaired) electrons. The number of hydrogen-bond donors (Lipinski definition) is 5. The molecule has 0 fully saturated rings. The van der Waals surface area contributed by atoms with Crippen LogP contribution in [0.3, 0.4) is 0 Å². The van der Waals surface area contributed by atoms with Gasteiger partial charge in [-0.15, -0.1) is 0 Å². The number of alkyl carbamates (subject to hydrolysis) is 2. The minimum atomic E-state index is -0.765. The predicted octanol–water partition coefficient (Wildman–Crippen LogP) is 2.04. The van der Waals surface area contributed by atoms with E-state index in [4.69, 9.17) is 43.6 Å². The lowest BCUT2D eigenvalue weighted by Crippen LogP contribution is -2.42. The number of nitrogens with two attached hydrogens (primary N) is 1. The van der Waals surface area contributed by atoms with Crippen molar-refractivity contribution in [3.8, 4) is 0 Å². The van der Waals surface area contributed by atoms with Crippen LogP contribution in [-0.4, -0.2) is 147 Å². The molecule has 0 heterocycles. The maximum atomic E-state index is 12.2. The third-order valence-electron chi connectivity index (χ3n) is 6.33. The van der Waals surface area contributed by atoms with Crippen LogP contribution < -0.4 is 27.0 Å². The van der Waals surface area contributed by atoms with E-state index in [1.54, 1.807) is 0 Å². The van der Waals surface area contributed by atoms with Crippen molar-refractivity contribution in [2.75, 3.05) is 105 Å². The highest BCUT2D eigenvalue weighted by molar-refractivity contribution is 5.82.